The van der Waals surface area contributed by atoms with E-state index in [4.69, 9.17) is 9.88 Å². The molecule has 0 atom stereocenters. The third kappa shape index (κ3) is 6.91. The Morgan fingerprint density at radius 3 is 2.27 bits per heavy atom. The highest BCUT2D eigenvalue weighted by Crippen LogP contribution is 2.10. The number of hydrogen-bond acceptors (Lipinski definition) is 4. The summed E-state index contributed by atoms with van der Waals surface area (Å²) in [5.74, 6) is -0.539. The van der Waals surface area contributed by atoms with Crippen LogP contribution in [0.25, 0.3) is 0 Å². The van der Waals surface area contributed by atoms with E-state index in [1.54, 1.807) is 24.3 Å². The van der Waals surface area contributed by atoms with Gasteiger partial charge in [0.1, 0.15) is 12.4 Å². The van der Waals surface area contributed by atoms with Crippen molar-refractivity contribution < 1.29 is 22.3 Å². The summed E-state index contributed by atoms with van der Waals surface area (Å²) in [6, 6.07) is 12.2. The van der Waals surface area contributed by atoms with Crippen LogP contribution >= 0.6 is 0 Å². The average molecular weight is 380 g/mol. The molecular formula is C18H21FN2O4S. The van der Waals surface area contributed by atoms with Crippen LogP contribution in [0.4, 0.5) is 4.39 Å². The van der Waals surface area contributed by atoms with Gasteiger partial charge >= 0.3 is 0 Å². The number of ether oxygens (including phenoxy) is 1. The Morgan fingerprint density at radius 2 is 1.65 bits per heavy atom. The molecule has 2 rings (SSSR count). The van der Waals surface area contributed by atoms with Gasteiger partial charge in [-0.05, 0) is 48.2 Å². The Hall–Kier alpha value is -2.29. The molecule has 0 aliphatic carbocycles. The maximum atomic E-state index is 12.8. The fourth-order valence-corrected chi connectivity index (χ4v) is 2.77. The molecule has 2 aromatic rings. The summed E-state index contributed by atoms with van der Waals surface area (Å²) < 4.78 is 40.4. The first-order valence-corrected chi connectivity index (χ1v) is 9.60. The summed E-state index contributed by atoms with van der Waals surface area (Å²) in [6.45, 7) is 0.653. The van der Waals surface area contributed by atoms with Crippen LogP contribution in [-0.4, -0.2) is 27.5 Å². The van der Waals surface area contributed by atoms with E-state index < -0.39 is 10.0 Å². The molecule has 0 aromatic heterocycles. The maximum absolute atomic E-state index is 12.8. The lowest BCUT2D eigenvalue weighted by molar-refractivity contribution is -0.126. The summed E-state index contributed by atoms with van der Waals surface area (Å²) in [5, 5.41) is 7.79. The highest BCUT2D eigenvalue weighted by Gasteiger charge is 2.07. The van der Waals surface area contributed by atoms with Gasteiger partial charge < -0.3 is 10.1 Å². The largest absolute Gasteiger partial charge is 0.367 e. The van der Waals surface area contributed by atoms with E-state index in [2.05, 4.69) is 5.32 Å². The standard InChI is InChI=1S/C18H21FN2O4S/c19-16-7-3-15(4-8-16)12-25-13-18(22)21-11-1-2-14-5-9-17(10-6-14)26(20,23)24/h3-10H,1-2,11-13H2,(H,21,22)(H2,20,23,24). The molecule has 0 saturated heterocycles. The zero-order valence-corrected chi connectivity index (χ0v) is 15.0. The first kappa shape index (κ1) is 20.0. The van der Waals surface area contributed by atoms with Gasteiger partial charge in [0.2, 0.25) is 15.9 Å². The number of sulfonamides is 1. The zero-order chi connectivity index (χ0) is 19.0. The number of carbonyl (C=O) groups is 1. The molecule has 0 saturated carbocycles. The second kappa shape index (κ2) is 9.42. The van der Waals surface area contributed by atoms with Crippen molar-refractivity contribution in [1.29, 1.82) is 0 Å². The van der Waals surface area contributed by atoms with Crippen LogP contribution in [0.5, 0.6) is 0 Å². The number of rotatable bonds is 9. The number of carbonyl (C=O) groups excluding carboxylic acids is 1. The molecule has 0 spiro atoms. The maximum Gasteiger partial charge on any atom is 0.246 e. The third-order valence-electron chi connectivity index (χ3n) is 3.63. The lowest BCUT2D eigenvalue weighted by Crippen LogP contribution is -2.28. The molecule has 0 heterocycles. The van der Waals surface area contributed by atoms with Crippen LogP contribution in [0.2, 0.25) is 0 Å². The predicted molar refractivity (Wildman–Crippen MR) is 95.2 cm³/mol. The lowest BCUT2D eigenvalue weighted by atomic mass is 10.1. The summed E-state index contributed by atoms with van der Waals surface area (Å²) in [5.41, 5.74) is 1.75. The molecule has 0 aliphatic heterocycles. The number of amides is 1. The van der Waals surface area contributed by atoms with Gasteiger partial charge in [0.15, 0.2) is 0 Å². The van der Waals surface area contributed by atoms with Crippen molar-refractivity contribution in [3.05, 3.63) is 65.5 Å². The van der Waals surface area contributed by atoms with Crippen molar-refractivity contribution in [1.82, 2.24) is 5.32 Å². The van der Waals surface area contributed by atoms with E-state index in [1.807, 2.05) is 0 Å². The molecule has 0 radical (unpaired) electrons. The normalized spacial score (nSPS) is 11.3. The molecule has 0 aliphatic rings. The Bertz CT molecular complexity index is 821. The number of aryl methyl sites for hydroxylation is 1. The van der Waals surface area contributed by atoms with E-state index in [0.717, 1.165) is 11.1 Å². The van der Waals surface area contributed by atoms with Gasteiger partial charge in [-0.3, -0.25) is 4.79 Å². The van der Waals surface area contributed by atoms with Gasteiger partial charge in [-0.15, -0.1) is 0 Å². The lowest BCUT2D eigenvalue weighted by Gasteiger charge is -2.07. The van der Waals surface area contributed by atoms with Crippen LogP contribution in [0.3, 0.4) is 0 Å². The Labute approximate surface area is 152 Å². The Morgan fingerprint density at radius 1 is 1.04 bits per heavy atom. The number of primary sulfonamides is 1. The van der Waals surface area contributed by atoms with Gasteiger partial charge in [-0.2, -0.15) is 0 Å². The summed E-state index contributed by atoms with van der Waals surface area (Å²) in [4.78, 5) is 11.8. The van der Waals surface area contributed by atoms with Crippen LogP contribution in [0.15, 0.2) is 53.4 Å². The molecule has 26 heavy (non-hydrogen) atoms. The molecule has 0 fully saturated rings. The predicted octanol–water partition coefficient (Wildman–Crippen LogP) is 1.74. The first-order valence-electron chi connectivity index (χ1n) is 8.05. The fraction of sp³-hybridized carbons (Fsp3) is 0.278. The second-order valence-electron chi connectivity index (χ2n) is 5.76. The van der Waals surface area contributed by atoms with Crippen molar-refractivity contribution >= 4 is 15.9 Å². The highest BCUT2D eigenvalue weighted by molar-refractivity contribution is 7.89. The minimum absolute atomic E-state index is 0.0690. The van der Waals surface area contributed by atoms with Crippen molar-refractivity contribution in [3.63, 3.8) is 0 Å². The molecule has 140 valence electrons. The number of hydrogen-bond donors (Lipinski definition) is 2. The molecule has 1 amide bonds. The SMILES string of the molecule is NS(=O)(=O)c1ccc(CCCNC(=O)COCc2ccc(F)cc2)cc1. The van der Waals surface area contributed by atoms with Gasteiger partial charge in [-0.1, -0.05) is 24.3 Å². The molecule has 0 unspecified atom stereocenters. The van der Waals surface area contributed by atoms with Crippen LogP contribution < -0.4 is 10.5 Å². The molecule has 0 bridgehead atoms. The average Bonchev–Trinajstić information content (AvgIpc) is 2.60. The summed E-state index contributed by atoms with van der Waals surface area (Å²) in [6.07, 6.45) is 1.40. The topological polar surface area (TPSA) is 98.5 Å². The van der Waals surface area contributed by atoms with Gasteiger partial charge in [0.25, 0.3) is 0 Å². The summed E-state index contributed by atoms with van der Waals surface area (Å²) >= 11 is 0. The van der Waals surface area contributed by atoms with Crippen molar-refractivity contribution in [2.24, 2.45) is 5.14 Å². The smallest absolute Gasteiger partial charge is 0.246 e. The number of nitrogens with one attached hydrogen (secondary N) is 1. The van der Waals surface area contributed by atoms with Gasteiger partial charge in [-0.25, -0.2) is 17.9 Å². The molecule has 2 aromatic carbocycles. The van der Waals surface area contributed by atoms with E-state index in [-0.39, 0.29) is 29.8 Å². The van der Waals surface area contributed by atoms with Crippen LogP contribution in [0.1, 0.15) is 17.5 Å². The zero-order valence-electron chi connectivity index (χ0n) is 14.2. The van der Waals surface area contributed by atoms with Crippen LogP contribution in [-0.2, 0) is 32.6 Å². The fourth-order valence-electron chi connectivity index (χ4n) is 2.26. The van der Waals surface area contributed by atoms with Crippen molar-refractivity contribution in [2.45, 2.75) is 24.3 Å². The number of halogens is 1. The van der Waals surface area contributed by atoms with Crippen molar-refractivity contribution in [2.75, 3.05) is 13.2 Å². The second-order valence-corrected chi connectivity index (χ2v) is 7.32. The molecule has 8 heteroatoms. The first-order chi connectivity index (χ1) is 12.3. The minimum atomic E-state index is -3.68. The Kier molecular flexibility index (Phi) is 7.26. The minimum Gasteiger partial charge on any atom is -0.367 e. The quantitative estimate of drug-likeness (QED) is 0.648. The van der Waals surface area contributed by atoms with E-state index in [0.29, 0.717) is 19.4 Å². The Balaban J connectivity index is 1.61. The monoisotopic (exact) mass is 380 g/mol. The highest BCUT2D eigenvalue weighted by atomic mass is 32.2. The summed E-state index contributed by atoms with van der Waals surface area (Å²) in [7, 11) is -3.68. The third-order valence-corrected chi connectivity index (χ3v) is 4.56. The van der Waals surface area contributed by atoms with Gasteiger partial charge in [0, 0.05) is 6.54 Å². The number of benzene rings is 2. The number of nitrogens with two attached hydrogens (primary N) is 1. The molecular weight excluding hydrogens is 359 g/mol. The van der Waals surface area contributed by atoms with E-state index in [9.17, 15) is 17.6 Å². The van der Waals surface area contributed by atoms with E-state index in [1.165, 1.54) is 24.3 Å². The molecule has 3 N–H and O–H groups in total. The van der Waals surface area contributed by atoms with Gasteiger partial charge in [0.05, 0.1) is 11.5 Å². The molecule has 6 nitrogen and oxygen atoms in total. The van der Waals surface area contributed by atoms with Crippen molar-refractivity contribution in [3.8, 4) is 0 Å². The van der Waals surface area contributed by atoms with E-state index >= 15 is 0 Å². The van der Waals surface area contributed by atoms with Crippen LogP contribution in [0, 0.1) is 5.82 Å².